The van der Waals surface area contributed by atoms with Crippen LogP contribution in [-0.2, 0) is 6.42 Å². The topological polar surface area (TPSA) is 76.1 Å². The lowest BCUT2D eigenvalue weighted by molar-refractivity contribution is 0.102. The van der Waals surface area contributed by atoms with Crippen molar-refractivity contribution in [3.05, 3.63) is 71.2 Å². The molecule has 2 N–H and O–H groups in total. The highest BCUT2D eigenvalue weighted by molar-refractivity contribution is 6.03. The summed E-state index contributed by atoms with van der Waals surface area (Å²) in [6, 6.07) is 15.0. The summed E-state index contributed by atoms with van der Waals surface area (Å²) < 4.78 is 5.19. The van der Waals surface area contributed by atoms with Crippen LogP contribution in [0.3, 0.4) is 0 Å². The molecular formula is C22H24N4O2. The van der Waals surface area contributed by atoms with Crippen molar-refractivity contribution < 1.29 is 9.53 Å². The monoisotopic (exact) mass is 376 g/mol. The average Bonchev–Trinajstić information content (AvgIpc) is 2.69. The molecule has 1 heterocycles. The summed E-state index contributed by atoms with van der Waals surface area (Å²) in [6.45, 7) is 5.93. The Labute approximate surface area is 165 Å². The van der Waals surface area contributed by atoms with Crippen molar-refractivity contribution >= 4 is 23.1 Å². The van der Waals surface area contributed by atoms with E-state index in [9.17, 15) is 4.79 Å². The fourth-order valence-electron chi connectivity index (χ4n) is 2.97. The van der Waals surface area contributed by atoms with Gasteiger partial charge in [0.25, 0.3) is 5.91 Å². The Hall–Kier alpha value is -3.41. The van der Waals surface area contributed by atoms with Crippen LogP contribution >= 0.6 is 0 Å². The number of hydrogen-bond acceptors (Lipinski definition) is 5. The molecule has 28 heavy (non-hydrogen) atoms. The summed E-state index contributed by atoms with van der Waals surface area (Å²) in [5, 5.41) is 6.21. The number of rotatable bonds is 6. The lowest BCUT2D eigenvalue weighted by Gasteiger charge is -2.14. The molecule has 0 radical (unpaired) electrons. The number of ether oxygens (including phenoxy) is 1. The summed E-state index contributed by atoms with van der Waals surface area (Å²) in [6.07, 6.45) is 0.900. The molecule has 1 aromatic heterocycles. The maximum Gasteiger partial charge on any atom is 0.274 e. The number of aromatic nitrogens is 2. The van der Waals surface area contributed by atoms with E-state index in [1.54, 1.807) is 32.2 Å². The van der Waals surface area contributed by atoms with Crippen LogP contribution in [0.4, 0.5) is 17.2 Å². The van der Waals surface area contributed by atoms with E-state index in [2.05, 4.69) is 33.6 Å². The lowest BCUT2D eigenvalue weighted by Crippen LogP contribution is -2.15. The van der Waals surface area contributed by atoms with Gasteiger partial charge < -0.3 is 15.4 Å². The van der Waals surface area contributed by atoms with E-state index in [0.29, 0.717) is 28.8 Å². The molecule has 0 atom stereocenters. The van der Waals surface area contributed by atoms with E-state index in [0.717, 1.165) is 17.7 Å². The molecule has 3 aromatic rings. The Morgan fingerprint density at radius 3 is 2.61 bits per heavy atom. The Balaban J connectivity index is 1.86. The number of carbonyl (C=O) groups is 1. The van der Waals surface area contributed by atoms with Gasteiger partial charge in [-0.05, 0) is 43.5 Å². The van der Waals surface area contributed by atoms with Gasteiger partial charge in [0, 0.05) is 23.5 Å². The van der Waals surface area contributed by atoms with Crippen molar-refractivity contribution in [2.45, 2.75) is 27.2 Å². The Bertz CT molecular complexity index is 1000. The minimum Gasteiger partial charge on any atom is -0.497 e. The first-order valence-electron chi connectivity index (χ1n) is 9.16. The first-order valence-corrected chi connectivity index (χ1v) is 9.16. The molecule has 3 rings (SSSR count). The molecule has 0 saturated heterocycles. The molecule has 0 unspecified atom stereocenters. The van der Waals surface area contributed by atoms with Crippen LogP contribution in [0.15, 0.2) is 48.5 Å². The third-order valence-corrected chi connectivity index (χ3v) is 4.39. The smallest absolute Gasteiger partial charge is 0.274 e. The number of carbonyl (C=O) groups excluding carboxylic acids is 1. The van der Waals surface area contributed by atoms with Crippen LogP contribution in [0.2, 0.25) is 0 Å². The lowest BCUT2D eigenvalue weighted by atomic mass is 10.1. The van der Waals surface area contributed by atoms with Crippen molar-refractivity contribution in [1.82, 2.24) is 9.97 Å². The van der Waals surface area contributed by atoms with Gasteiger partial charge in [-0.25, -0.2) is 9.97 Å². The molecule has 0 aliphatic rings. The zero-order valence-corrected chi connectivity index (χ0v) is 16.5. The minimum absolute atomic E-state index is 0.296. The Kier molecular flexibility index (Phi) is 5.89. The van der Waals surface area contributed by atoms with E-state index in [-0.39, 0.29) is 5.91 Å². The maximum atomic E-state index is 12.7. The highest BCUT2D eigenvalue weighted by Crippen LogP contribution is 2.25. The van der Waals surface area contributed by atoms with Crippen LogP contribution in [0.25, 0.3) is 0 Å². The van der Waals surface area contributed by atoms with Crippen LogP contribution in [0.1, 0.15) is 34.4 Å². The summed E-state index contributed by atoms with van der Waals surface area (Å²) in [5.74, 6) is 1.48. The molecule has 6 heteroatoms. The highest BCUT2D eigenvalue weighted by Gasteiger charge is 2.13. The Morgan fingerprint density at radius 2 is 1.86 bits per heavy atom. The van der Waals surface area contributed by atoms with Crippen molar-refractivity contribution in [3.63, 3.8) is 0 Å². The number of methoxy groups -OCH3 is 1. The minimum atomic E-state index is -0.303. The second kappa shape index (κ2) is 8.52. The molecule has 6 nitrogen and oxygen atoms in total. The molecule has 2 aromatic carbocycles. The summed E-state index contributed by atoms with van der Waals surface area (Å²) in [4.78, 5) is 21.4. The van der Waals surface area contributed by atoms with Crippen molar-refractivity contribution in [2.24, 2.45) is 0 Å². The number of nitrogens with zero attached hydrogens (tertiary/aromatic N) is 2. The third-order valence-electron chi connectivity index (χ3n) is 4.39. The summed E-state index contributed by atoms with van der Waals surface area (Å²) in [5.41, 5.74) is 4.27. The van der Waals surface area contributed by atoms with E-state index in [1.807, 2.05) is 31.2 Å². The van der Waals surface area contributed by atoms with Gasteiger partial charge in [-0.2, -0.15) is 0 Å². The molecular weight excluding hydrogens is 352 g/mol. The van der Waals surface area contributed by atoms with Crippen LogP contribution in [-0.4, -0.2) is 23.0 Å². The van der Waals surface area contributed by atoms with Gasteiger partial charge in [-0.1, -0.05) is 31.2 Å². The number of aryl methyl sites for hydroxylation is 3. The van der Waals surface area contributed by atoms with Crippen molar-refractivity contribution in [3.8, 4) is 5.75 Å². The zero-order valence-electron chi connectivity index (χ0n) is 16.5. The molecule has 0 fully saturated rings. The van der Waals surface area contributed by atoms with Crippen LogP contribution in [0, 0.1) is 13.8 Å². The second-order valence-corrected chi connectivity index (χ2v) is 6.46. The van der Waals surface area contributed by atoms with Gasteiger partial charge in [0.2, 0.25) is 0 Å². The SMILES string of the molecule is CCc1cccc(C)c1Nc1cc(C(=O)Nc2cccc(OC)c2)nc(C)n1. The predicted octanol–water partition coefficient (Wildman–Crippen LogP) is 4.66. The number of nitrogens with one attached hydrogen (secondary N) is 2. The second-order valence-electron chi connectivity index (χ2n) is 6.46. The number of anilines is 3. The first-order chi connectivity index (χ1) is 13.5. The Morgan fingerprint density at radius 1 is 1.07 bits per heavy atom. The van der Waals surface area contributed by atoms with Crippen LogP contribution < -0.4 is 15.4 Å². The molecule has 0 saturated carbocycles. The standard InChI is InChI=1S/C22H24N4O2/c1-5-16-9-6-8-14(2)21(16)26-20-13-19(23-15(3)24-20)22(27)25-17-10-7-11-18(12-17)28-4/h6-13H,5H2,1-4H3,(H,25,27)(H,23,24,26). The van der Waals surface area contributed by atoms with Crippen LogP contribution in [0.5, 0.6) is 5.75 Å². The molecule has 1 amide bonds. The average molecular weight is 376 g/mol. The van der Waals surface area contributed by atoms with E-state index in [1.165, 1.54) is 5.56 Å². The molecule has 0 bridgehead atoms. The van der Waals surface area contributed by atoms with Crippen molar-refractivity contribution in [2.75, 3.05) is 17.7 Å². The molecule has 0 aliphatic carbocycles. The number of para-hydroxylation sites is 1. The first kappa shape index (κ1) is 19.4. The van der Waals surface area contributed by atoms with Gasteiger partial charge in [0.1, 0.15) is 23.1 Å². The fourth-order valence-corrected chi connectivity index (χ4v) is 2.97. The highest BCUT2D eigenvalue weighted by atomic mass is 16.5. The van der Waals surface area contributed by atoms with Gasteiger partial charge in [-0.15, -0.1) is 0 Å². The zero-order chi connectivity index (χ0) is 20.1. The van der Waals surface area contributed by atoms with E-state index in [4.69, 9.17) is 4.74 Å². The van der Waals surface area contributed by atoms with E-state index >= 15 is 0 Å². The predicted molar refractivity (Wildman–Crippen MR) is 112 cm³/mol. The normalized spacial score (nSPS) is 10.4. The fraction of sp³-hybridized carbons (Fsp3) is 0.227. The maximum absolute atomic E-state index is 12.7. The largest absolute Gasteiger partial charge is 0.497 e. The molecule has 0 spiro atoms. The molecule has 0 aliphatic heterocycles. The van der Waals surface area contributed by atoms with E-state index < -0.39 is 0 Å². The van der Waals surface area contributed by atoms with Gasteiger partial charge >= 0.3 is 0 Å². The quantitative estimate of drug-likeness (QED) is 0.654. The number of hydrogen-bond donors (Lipinski definition) is 2. The van der Waals surface area contributed by atoms with Crippen molar-refractivity contribution in [1.29, 1.82) is 0 Å². The van der Waals surface area contributed by atoms with Gasteiger partial charge in [-0.3, -0.25) is 4.79 Å². The molecule has 144 valence electrons. The number of amides is 1. The summed E-state index contributed by atoms with van der Waals surface area (Å²) in [7, 11) is 1.59. The third kappa shape index (κ3) is 4.46. The van der Waals surface area contributed by atoms with Gasteiger partial charge in [0.15, 0.2) is 0 Å². The number of benzene rings is 2. The summed E-state index contributed by atoms with van der Waals surface area (Å²) >= 11 is 0. The van der Waals surface area contributed by atoms with Gasteiger partial charge in [0.05, 0.1) is 7.11 Å².